The van der Waals surface area contributed by atoms with E-state index in [-0.39, 0.29) is 12.3 Å². The lowest BCUT2D eigenvalue weighted by molar-refractivity contribution is 0.0985. The monoisotopic (exact) mass is 197 g/mol. The summed E-state index contributed by atoms with van der Waals surface area (Å²) in [5, 5.41) is 6.54. The van der Waals surface area contributed by atoms with Crippen LogP contribution in [0.4, 0.5) is 5.69 Å². The molecule has 0 bridgehead atoms. The van der Waals surface area contributed by atoms with E-state index in [0.29, 0.717) is 11.5 Å². The number of hydrogen-bond acceptors (Lipinski definition) is 5. The molecule has 1 N–H and O–H groups in total. The summed E-state index contributed by atoms with van der Waals surface area (Å²) >= 11 is 0. The van der Waals surface area contributed by atoms with Gasteiger partial charge in [-0.3, -0.25) is 4.79 Å². The Morgan fingerprint density at radius 1 is 1.57 bits per heavy atom. The van der Waals surface area contributed by atoms with Crippen LogP contribution in [0.2, 0.25) is 0 Å². The fraction of sp³-hybridized carbons (Fsp3) is 0.556. The van der Waals surface area contributed by atoms with Crippen molar-refractivity contribution in [3.8, 4) is 0 Å². The molecule has 0 spiro atoms. The standard InChI is InChI=1S/C9H15N3O2/c1-6-9(12(3)4)8(11-14-6)7(13)5-10-2/h10H,5H2,1-4H3. The maximum Gasteiger partial charge on any atom is 0.200 e. The number of likely N-dealkylation sites (N-methyl/N-ethyl adjacent to an activating group) is 1. The zero-order valence-corrected chi connectivity index (χ0v) is 8.92. The highest BCUT2D eigenvalue weighted by molar-refractivity contribution is 6.01. The lowest BCUT2D eigenvalue weighted by atomic mass is 10.2. The third-order valence-electron chi connectivity index (χ3n) is 1.88. The van der Waals surface area contributed by atoms with Crippen molar-refractivity contribution >= 4 is 11.5 Å². The van der Waals surface area contributed by atoms with Crippen molar-refractivity contribution in [1.82, 2.24) is 10.5 Å². The first-order valence-electron chi connectivity index (χ1n) is 4.39. The van der Waals surface area contributed by atoms with Gasteiger partial charge < -0.3 is 14.7 Å². The zero-order chi connectivity index (χ0) is 10.7. The Balaban J connectivity index is 3.02. The normalized spacial score (nSPS) is 10.3. The van der Waals surface area contributed by atoms with E-state index in [1.54, 1.807) is 14.0 Å². The summed E-state index contributed by atoms with van der Waals surface area (Å²) in [7, 11) is 5.44. The van der Waals surface area contributed by atoms with Crippen LogP contribution >= 0.6 is 0 Å². The van der Waals surface area contributed by atoms with E-state index in [2.05, 4.69) is 10.5 Å². The van der Waals surface area contributed by atoms with Crippen LogP contribution in [0.1, 0.15) is 16.2 Å². The summed E-state index contributed by atoms with van der Waals surface area (Å²) in [6, 6.07) is 0. The molecule has 0 aliphatic carbocycles. The molecule has 0 aromatic carbocycles. The van der Waals surface area contributed by atoms with Gasteiger partial charge in [-0.05, 0) is 14.0 Å². The molecule has 0 amide bonds. The Morgan fingerprint density at radius 2 is 2.21 bits per heavy atom. The molecule has 0 saturated heterocycles. The lowest BCUT2D eigenvalue weighted by Gasteiger charge is -2.11. The molecule has 0 saturated carbocycles. The Kier molecular flexibility index (Phi) is 3.24. The lowest BCUT2D eigenvalue weighted by Crippen LogP contribution is -2.21. The van der Waals surface area contributed by atoms with Crippen molar-refractivity contribution in [3.63, 3.8) is 0 Å². The Labute approximate surface area is 83.1 Å². The number of aryl methyl sites for hydroxylation is 1. The molecule has 5 nitrogen and oxygen atoms in total. The first-order valence-corrected chi connectivity index (χ1v) is 4.39. The van der Waals surface area contributed by atoms with Gasteiger partial charge in [0.15, 0.2) is 11.5 Å². The van der Waals surface area contributed by atoms with Gasteiger partial charge in [0.05, 0.1) is 6.54 Å². The highest BCUT2D eigenvalue weighted by atomic mass is 16.5. The molecule has 0 radical (unpaired) electrons. The molecule has 0 aliphatic rings. The van der Waals surface area contributed by atoms with Crippen LogP contribution in [-0.2, 0) is 0 Å². The molecule has 0 aliphatic heterocycles. The van der Waals surface area contributed by atoms with Crippen molar-refractivity contribution < 1.29 is 9.32 Å². The Hall–Kier alpha value is -1.36. The summed E-state index contributed by atoms with van der Waals surface area (Å²) in [6.07, 6.45) is 0. The first-order chi connectivity index (χ1) is 6.57. The number of rotatable bonds is 4. The van der Waals surface area contributed by atoms with Crippen molar-refractivity contribution in [2.45, 2.75) is 6.92 Å². The summed E-state index contributed by atoms with van der Waals surface area (Å²) in [5.41, 5.74) is 1.15. The average Bonchev–Trinajstić information content (AvgIpc) is 2.47. The van der Waals surface area contributed by atoms with E-state index in [0.717, 1.165) is 5.69 Å². The number of nitrogens with zero attached hydrogens (tertiary/aromatic N) is 2. The van der Waals surface area contributed by atoms with Gasteiger partial charge in [0, 0.05) is 14.1 Å². The van der Waals surface area contributed by atoms with Gasteiger partial charge in [0.1, 0.15) is 5.69 Å². The molecule has 0 fully saturated rings. The molecule has 5 heteroatoms. The summed E-state index contributed by atoms with van der Waals surface area (Å²) in [6.45, 7) is 2.06. The van der Waals surface area contributed by atoms with Crippen molar-refractivity contribution in [2.24, 2.45) is 0 Å². The average molecular weight is 197 g/mol. The number of ketones is 1. The number of carbonyl (C=O) groups is 1. The smallest absolute Gasteiger partial charge is 0.200 e. The molecule has 0 atom stereocenters. The van der Waals surface area contributed by atoms with Gasteiger partial charge in [0.2, 0.25) is 5.78 Å². The van der Waals surface area contributed by atoms with Crippen LogP contribution in [0, 0.1) is 6.92 Å². The third-order valence-corrected chi connectivity index (χ3v) is 1.88. The van der Waals surface area contributed by atoms with E-state index in [4.69, 9.17) is 4.52 Å². The second kappa shape index (κ2) is 4.23. The highest BCUT2D eigenvalue weighted by Crippen LogP contribution is 2.22. The first kappa shape index (κ1) is 10.7. The summed E-state index contributed by atoms with van der Waals surface area (Å²) < 4.78 is 4.98. The highest BCUT2D eigenvalue weighted by Gasteiger charge is 2.20. The second-order valence-electron chi connectivity index (χ2n) is 3.28. The van der Waals surface area contributed by atoms with Gasteiger partial charge >= 0.3 is 0 Å². The molecule has 0 unspecified atom stereocenters. The Morgan fingerprint density at radius 3 is 2.71 bits per heavy atom. The SMILES string of the molecule is CNCC(=O)c1noc(C)c1N(C)C. The van der Waals surface area contributed by atoms with Crippen LogP contribution in [0.5, 0.6) is 0 Å². The minimum Gasteiger partial charge on any atom is -0.373 e. The van der Waals surface area contributed by atoms with Gasteiger partial charge in [-0.2, -0.15) is 0 Å². The number of hydrogen-bond donors (Lipinski definition) is 1. The van der Waals surface area contributed by atoms with Crippen LogP contribution in [-0.4, -0.2) is 38.6 Å². The second-order valence-corrected chi connectivity index (χ2v) is 3.28. The van der Waals surface area contributed by atoms with Gasteiger partial charge in [-0.1, -0.05) is 5.16 Å². The zero-order valence-electron chi connectivity index (χ0n) is 8.92. The summed E-state index contributed by atoms with van der Waals surface area (Å²) in [4.78, 5) is 13.4. The molecule has 1 rings (SSSR count). The predicted octanol–water partition coefficient (Wildman–Crippen LogP) is 0.451. The van der Waals surface area contributed by atoms with Gasteiger partial charge in [0.25, 0.3) is 0 Å². The molecule has 1 aromatic rings. The number of carbonyl (C=O) groups excluding carboxylic acids is 1. The predicted molar refractivity (Wildman–Crippen MR) is 53.8 cm³/mol. The van der Waals surface area contributed by atoms with Crippen molar-refractivity contribution in [3.05, 3.63) is 11.5 Å². The molecule has 78 valence electrons. The van der Waals surface area contributed by atoms with Crippen LogP contribution < -0.4 is 10.2 Å². The Bertz CT molecular complexity index is 331. The van der Waals surface area contributed by atoms with E-state index in [9.17, 15) is 4.79 Å². The maximum absolute atomic E-state index is 11.6. The quantitative estimate of drug-likeness (QED) is 0.710. The van der Waals surface area contributed by atoms with Gasteiger partial charge in [-0.15, -0.1) is 0 Å². The largest absolute Gasteiger partial charge is 0.373 e. The van der Waals surface area contributed by atoms with Crippen molar-refractivity contribution in [2.75, 3.05) is 32.6 Å². The summed E-state index contributed by atoms with van der Waals surface area (Å²) in [5.74, 6) is 0.600. The van der Waals surface area contributed by atoms with E-state index in [1.807, 2.05) is 19.0 Å². The van der Waals surface area contributed by atoms with Crippen LogP contribution in [0.3, 0.4) is 0 Å². The number of nitrogens with one attached hydrogen (secondary N) is 1. The van der Waals surface area contributed by atoms with Crippen LogP contribution in [0.15, 0.2) is 4.52 Å². The van der Waals surface area contributed by atoms with E-state index in [1.165, 1.54) is 0 Å². The molecule has 1 heterocycles. The topological polar surface area (TPSA) is 58.4 Å². The molecular formula is C9H15N3O2. The fourth-order valence-electron chi connectivity index (χ4n) is 1.32. The fourth-order valence-corrected chi connectivity index (χ4v) is 1.32. The minimum atomic E-state index is -0.0620. The third kappa shape index (κ3) is 1.93. The molecule has 1 aromatic heterocycles. The van der Waals surface area contributed by atoms with E-state index >= 15 is 0 Å². The number of Topliss-reactive ketones (excluding diaryl/α,β-unsaturated/α-hetero) is 1. The maximum atomic E-state index is 11.6. The molecular weight excluding hydrogens is 182 g/mol. The number of anilines is 1. The van der Waals surface area contributed by atoms with Gasteiger partial charge in [-0.25, -0.2) is 0 Å². The van der Waals surface area contributed by atoms with E-state index < -0.39 is 0 Å². The molecule has 14 heavy (non-hydrogen) atoms. The van der Waals surface area contributed by atoms with Crippen LogP contribution in [0.25, 0.3) is 0 Å². The number of aromatic nitrogens is 1. The minimum absolute atomic E-state index is 0.0620. The van der Waals surface area contributed by atoms with Crippen molar-refractivity contribution in [1.29, 1.82) is 0 Å².